The van der Waals surface area contributed by atoms with Crippen LogP contribution in [-0.2, 0) is 16.2 Å². The van der Waals surface area contributed by atoms with Crippen LogP contribution in [0.25, 0.3) is 0 Å². The van der Waals surface area contributed by atoms with Gasteiger partial charge in [0, 0.05) is 12.6 Å². The van der Waals surface area contributed by atoms with Crippen LogP contribution in [0.4, 0.5) is 4.79 Å². The molecule has 0 radical (unpaired) electrons. The summed E-state index contributed by atoms with van der Waals surface area (Å²) in [6.07, 6.45) is 3.43. The van der Waals surface area contributed by atoms with Crippen molar-refractivity contribution >= 4 is 11.9 Å². The zero-order chi connectivity index (χ0) is 18.8. The minimum atomic E-state index is -0.376. The number of benzene rings is 1. The van der Waals surface area contributed by atoms with Crippen molar-refractivity contribution < 1.29 is 14.4 Å². The molecule has 1 aromatic carbocycles. The van der Waals surface area contributed by atoms with Gasteiger partial charge in [0.25, 0.3) is 0 Å². The highest BCUT2D eigenvalue weighted by atomic mass is 16.7. The largest absolute Gasteiger partial charge is 0.351 e. The smallest absolute Gasteiger partial charge is 0.345 e. The van der Waals surface area contributed by atoms with Gasteiger partial charge in [0.2, 0.25) is 5.91 Å². The van der Waals surface area contributed by atoms with E-state index >= 15 is 0 Å². The lowest BCUT2D eigenvalue weighted by Gasteiger charge is -2.33. The van der Waals surface area contributed by atoms with Crippen molar-refractivity contribution in [2.75, 3.05) is 26.7 Å². The van der Waals surface area contributed by atoms with Gasteiger partial charge in [-0.15, -0.1) is 0 Å². The molecule has 27 heavy (non-hydrogen) atoms. The topological polar surface area (TPSA) is 65.1 Å². The molecule has 0 aliphatic carbocycles. The number of nitrogens with one attached hydrogen (secondary N) is 1. The number of piperidine rings is 2. The highest BCUT2D eigenvalue weighted by Gasteiger charge is 2.48. The summed E-state index contributed by atoms with van der Waals surface area (Å²) in [6.45, 7) is 2.94. The van der Waals surface area contributed by atoms with E-state index in [0.29, 0.717) is 19.6 Å². The number of fused-ring (bicyclic) bond motifs is 2. The molecule has 2 bridgehead atoms. The summed E-state index contributed by atoms with van der Waals surface area (Å²) in [6, 6.07) is 9.51. The molecule has 3 amide bonds. The predicted molar refractivity (Wildman–Crippen MR) is 101 cm³/mol. The van der Waals surface area contributed by atoms with Crippen molar-refractivity contribution in [1.82, 2.24) is 20.2 Å². The standard InChI is InChI=1S/C20H28N4O3/c1-22-11-9-16(10-12-22)21-19(25)18-8-7-17-13-23(18)20(26)24(17)27-14-15-5-3-2-4-6-15/h2-6,16-18H,7-14H2,1H3,(H,21,25)/t17-,18+/m1/s1. The summed E-state index contributed by atoms with van der Waals surface area (Å²) in [7, 11) is 2.10. The first-order valence-electron chi connectivity index (χ1n) is 9.87. The molecule has 0 aromatic heterocycles. The van der Waals surface area contributed by atoms with Gasteiger partial charge in [-0.1, -0.05) is 30.3 Å². The lowest BCUT2D eigenvalue weighted by atomic mass is 9.99. The van der Waals surface area contributed by atoms with Crippen LogP contribution in [0.1, 0.15) is 31.2 Å². The zero-order valence-electron chi connectivity index (χ0n) is 15.8. The molecule has 3 aliphatic rings. The normalized spacial score (nSPS) is 26.5. The molecule has 7 nitrogen and oxygen atoms in total. The Kier molecular flexibility index (Phi) is 5.31. The summed E-state index contributed by atoms with van der Waals surface area (Å²) >= 11 is 0. The molecule has 7 heteroatoms. The number of likely N-dealkylation sites (tertiary alicyclic amines) is 1. The molecular formula is C20H28N4O3. The van der Waals surface area contributed by atoms with E-state index in [-0.39, 0.29) is 30.1 Å². The second-order valence-corrected chi connectivity index (χ2v) is 7.85. The number of rotatable bonds is 5. The molecule has 3 aliphatic heterocycles. The predicted octanol–water partition coefficient (Wildman–Crippen LogP) is 1.60. The number of hydrogen-bond acceptors (Lipinski definition) is 4. The molecule has 1 N–H and O–H groups in total. The van der Waals surface area contributed by atoms with Gasteiger partial charge in [-0.2, -0.15) is 5.06 Å². The lowest BCUT2D eigenvalue weighted by Crippen LogP contribution is -2.53. The monoisotopic (exact) mass is 372 g/mol. The number of carbonyl (C=O) groups is 2. The molecule has 3 heterocycles. The molecule has 4 rings (SSSR count). The van der Waals surface area contributed by atoms with Crippen LogP contribution in [0.5, 0.6) is 0 Å². The van der Waals surface area contributed by atoms with E-state index in [0.717, 1.165) is 37.9 Å². The van der Waals surface area contributed by atoms with Crippen molar-refractivity contribution in [3.8, 4) is 0 Å². The summed E-state index contributed by atoms with van der Waals surface area (Å²) in [5.74, 6) is -0.0127. The Hall–Kier alpha value is -2.12. The van der Waals surface area contributed by atoms with E-state index < -0.39 is 0 Å². The third-order valence-corrected chi connectivity index (χ3v) is 5.90. The molecule has 146 valence electrons. The van der Waals surface area contributed by atoms with Crippen molar-refractivity contribution in [2.24, 2.45) is 0 Å². The number of hydroxylamine groups is 2. The summed E-state index contributed by atoms with van der Waals surface area (Å²) in [5.41, 5.74) is 1.03. The molecule has 1 aromatic rings. The third kappa shape index (κ3) is 3.94. The quantitative estimate of drug-likeness (QED) is 0.853. The lowest BCUT2D eigenvalue weighted by molar-refractivity contribution is -0.140. The van der Waals surface area contributed by atoms with E-state index in [9.17, 15) is 9.59 Å². The van der Waals surface area contributed by atoms with Crippen LogP contribution < -0.4 is 5.32 Å². The van der Waals surface area contributed by atoms with Gasteiger partial charge in [0.05, 0.1) is 6.04 Å². The third-order valence-electron chi connectivity index (χ3n) is 5.90. The highest BCUT2D eigenvalue weighted by molar-refractivity contribution is 5.88. The van der Waals surface area contributed by atoms with Crippen LogP contribution in [0.2, 0.25) is 0 Å². The number of hydrogen-bond donors (Lipinski definition) is 1. The zero-order valence-corrected chi connectivity index (χ0v) is 15.8. The summed E-state index contributed by atoms with van der Waals surface area (Å²) in [5, 5.41) is 4.65. The van der Waals surface area contributed by atoms with E-state index in [1.807, 2.05) is 30.3 Å². The van der Waals surface area contributed by atoms with Gasteiger partial charge in [0.1, 0.15) is 12.6 Å². The van der Waals surface area contributed by atoms with Gasteiger partial charge >= 0.3 is 6.03 Å². The number of amides is 3. The molecule has 2 atom stereocenters. The highest BCUT2D eigenvalue weighted by Crippen LogP contribution is 2.30. The van der Waals surface area contributed by atoms with Crippen LogP contribution in [-0.4, -0.2) is 71.6 Å². The average Bonchev–Trinajstić information content (AvgIpc) is 2.93. The Morgan fingerprint density at radius 2 is 1.89 bits per heavy atom. The van der Waals surface area contributed by atoms with Crippen LogP contribution in [0.3, 0.4) is 0 Å². The van der Waals surface area contributed by atoms with Crippen molar-refractivity contribution in [3.05, 3.63) is 35.9 Å². The Morgan fingerprint density at radius 3 is 2.63 bits per heavy atom. The average molecular weight is 372 g/mol. The van der Waals surface area contributed by atoms with E-state index in [4.69, 9.17) is 4.84 Å². The van der Waals surface area contributed by atoms with Gasteiger partial charge in [-0.25, -0.2) is 4.79 Å². The first-order valence-corrected chi connectivity index (χ1v) is 9.87. The second-order valence-electron chi connectivity index (χ2n) is 7.85. The van der Waals surface area contributed by atoms with Crippen molar-refractivity contribution in [2.45, 2.75) is 50.4 Å². The van der Waals surface area contributed by atoms with Gasteiger partial charge in [-0.3, -0.25) is 9.63 Å². The Balaban J connectivity index is 1.34. The SMILES string of the molecule is CN1CCC(NC(=O)[C@@H]2CC[C@@H]3CN2C(=O)N3OCc2ccccc2)CC1. The maximum absolute atomic E-state index is 12.8. The maximum Gasteiger partial charge on any atom is 0.345 e. The van der Waals surface area contributed by atoms with Gasteiger partial charge < -0.3 is 15.1 Å². The Bertz CT molecular complexity index is 675. The van der Waals surface area contributed by atoms with Crippen LogP contribution in [0.15, 0.2) is 30.3 Å². The first kappa shape index (κ1) is 18.3. The minimum Gasteiger partial charge on any atom is -0.351 e. The fourth-order valence-corrected chi connectivity index (χ4v) is 4.24. The fourth-order valence-electron chi connectivity index (χ4n) is 4.24. The number of nitrogens with zero attached hydrogens (tertiary/aromatic N) is 3. The van der Waals surface area contributed by atoms with Crippen LogP contribution >= 0.6 is 0 Å². The van der Waals surface area contributed by atoms with Crippen molar-refractivity contribution in [3.63, 3.8) is 0 Å². The molecule has 3 fully saturated rings. The molecule has 0 spiro atoms. The molecule has 0 unspecified atom stereocenters. The van der Waals surface area contributed by atoms with E-state index in [1.165, 1.54) is 5.06 Å². The second kappa shape index (κ2) is 7.86. The minimum absolute atomic E-state index is 0.0127. The van der Waals surface area contributed by atoms with Gasteiger partial charge in [-0.05, 0) is 51.4 Å². The fraction of sp³-hybridized carbons (Fsp3) is 0.600. The van der Waals surface area contributed by atoms with Crippen LogP contribution in [0, 0.1) is 0 Å². The molecule has 0 saturated carbocycles. The maximum atomic E-state index is 12.8. The Morgan fingerprint density at radius 1 is 1.15 bits per heavy atom. The van der Waals surface area contributed by atoms with Gasteiger partial charge in [0.15, 0.2) is 0 Å². The number of urea groups is 1. The number of carbonyl (C=O) groups excluding carboxylic acids is 2. The van der Waals surface area contributed by atoms with E-state index in [2.05, 4.69) is 17.3 Å². The van der Waals surface area contributed by atoms with Crippen molar-refractivity contribution in [1.29, 1.82) is 0 Å². The summed E-state index contributed by atoms with van der Waals surface area (Å²) in [4.78, 5) is 35.4. The van der Waals surface area contributed by atoms with E-state index in [1.54, 1.807) is 4.90 Å². The molecule has 3 saturated heterocycles. The summed E-state index contributed by atoms with van der Waals surface area (Å²) < 4.78 is 0. The Labute approximate surface area is 160 Å². The first-order chi connectivity index (χ1) is 13.1. The molecular weight excluding hydrogens is 344 g/mol.